The van der Waals surface area contributed by atoms with E-state index in [0.29, 0.717) is 12.0 Å². The van der Waals surface area contributed by atoms with E-state index in [2.05, 4.69) is 57.0 Å². The van der Waals surface area contributed by atoms with E-state index in [9.17, 15) is 0 Å². The first-order chi connectivity index (χ1) is 10.0. The van der Waals surface area contributed by atoms with Crippen molar-refractivity contribution < 1.29 is 0 Å². The van der Waals surface area contributed by atoms with E-state index in [1.807, 2.05) is 7.05 Å². The monoisotopic (exact) mass is 291 g/mol. The molecule has 1 rings (SSSR count). The summed E-state index contributed by atoms with van der Waals surface area (Å²) in [5.41, 5.74) is 2.53. The zero-order valence-corrected chi connectivity index (χ0v) is 14.7. The standard InChI is InChI=1S/C18H33N3/c1-7-9-10-21(15(5)8-2)18-12-16(13-19-6)11-17(20-18)14(3)4/h11-12,14-15,19H,7-10,13H2,1-6H3. The van der Waals surface area contributed by atoms with E-state index >= 15 is 0 Å². The lowest BCUT2D eigenvalue weighted by atomic mass is 10.1. The Morgan fingerprint density at radius 2 is 1.90 bits per heavy atom. The Morgan fingerprint density at radius 3 is 2.43 bits per heavy atom. The third-order valence-corrected chi connectivity index (χ3v) is 4.03. The van der Waals surface area contributed by atoms with Gasteiger partial charge in [-0.05, 0) is 50.4 Å². The Morgan fingerprint density at radius 1 is 1.19 bits per heavy atom. The lowest BCUT2D eigenvalue weighted by Crippen LogP contribution is -2.34. The minimum absolute atomic E-state index is 0.463. The highest BCUT2D eigenvalue weighted by atomic mass is 15.2. The second kappa shape index (κ2) is 9.04. The number of nitrogens with zero attached hydrogens (tertiary/aromatic N) is 2. The molecule has 1 heterocycles. The maximum absolute atomic E-state index is 4.94. The Hall–Kier alpha value is -1.09. The summed E-state index contributed by atoms with van der Waals surface area (Å²) in [6.45, 7) is 13.2. The van der Waals surface area contributed by atoms with Gasteiger partial charge in [0.15, 0.2) is 0 Å². The molecular formula is C18H33N3. The van der Waals surface area contributed by atoms with Gasteiger partial charge in [0.2, 0.25) is 0 Å². The number of unbranched alkanes of at least 4 members (excludes halogenated alkanes) is 1. The predicted octanol–water partition coefficient (Wildman–Crippen LogP) is 4.33. The van der Waals surface area contributed by atoms with Crippen molar-refractivity contribution in [1.29, 1.82) is 0 Å². The molecular weight excluding hydrogens is 258 g/mol. The lowest BCUT2D eigenvalue weighted by molar-refractivity contribution is 0.587. The average molecular weight is 291 g/mol. The lowest BCUT2D eigenvalue weighted by Gasteiger charge is -2.30. The summed E-state index contributed by atoms with van der Waals surface area (Å²) in [7, 11) is 2.00. The topological polar surface area (TPSA) is 28.2 Å². The smallest absolute Gasteiger partial charge is 0.129 e. The van der Waals surface area contributed by atoms with Crippen LogP contribution >= 0.6 is 0 Å². The van der Waals surface area contributed by atoms with E-state index in [0.717, 1.165) is 25.3 Å². The first kappa shape index (κ1) is 18.0. The van der Waals surface area contributed by atoms with Gasteiger partial charge in [-0.2, -0.15) is 0 Å². The van der Waals surface area contributed by atoms with E-state index in [1.165, 1.54) is 24.1 Å². The van der Waals surface area contributed by atoms with Gasteiger partial charge in [0, 0.05) is 24.8 Å². The number of aromatic nitrogens is 1. The molecule has 3 heteroatoms. The van der Waals surface area contributed by atoms with Crippen LogP contribution in [0.4, 0.5) is 5.82 Å². The summed E-state index contributed by atoms with van der Waals surface area (Å²) in [6.07, 6.45) is 3.60. The molecule has 3 nitrogen and oxygen atoms in total. The first-order valence-corrected chi connectivity index (χ1v) is 8.45. The van der Waals surface area contributed by atoms with Crippen molar-refractivity contribution in [2.75, 3.05) is 18.5 Å². The van der Waals surface area contributed by atoms with Crippen LogP contribution < -0.4 is 10.2 Å². The Balaban J connectivity index is 3.14. The quantitative estimate of drug-likeness (QED) is 0.734. The van der Waals surface area contributed by atoms with Crippen LogP contribution in [0.2, 0.25) is 0 Å². The van der Waals surface area contributed by atoms with Gasteiger partial charge in [0.05, 0.1) is 0 Å². The van der Waals surface area contributed by atoms with Crippen molar-refractivity contribution in [3.63, 3.8) is 0 Å². The summed E-state index contributed by atoms with van der Waals surface area (Å²) in [5.74, 6) is 1.61. The van der Waals surface area contributed by atoms with Gasteiger partial charge < -0.3 is 10.2 Å². The molecule has 120 valence electrons. The number of rotatable bonds is 9. The van der Waals surface area contributed by atoms with E-state index < -0.39 is 0 Å². The molecule has 1 aromatic rings. The van der Waals surface area contributed by atoms with Gasteiger partial charge in [-0.15, -0.1) is 0 Å². The molecule has 1 unspecified atom stereocenters. The van der Waals surface area contributed by atoms with Gasteiger partial charge in [-0.1, -0.05) is 34.1 Å². The van der Waals surface area contributed by atoms with Gasteiger partial charge in [-0.3, -0.25) is 0 Å². The molecule has 0 fully saturated rings. The van der Waals surface area contributed by atoms with Gasteiger partial charge >= 0.3 is 0 Å². The van der Waals surface area contributed by atoms with Crippen LogP contribution in [0.1, 0.15) is 71.1 Å². The van der Waals surface area contributed by atoms with Crippen LogP contribution in [0.15, 0.2) is 12.1 Å². The van der Waals surface area contributed by atoms with Gasteiger partial charge in [-0.25, -0.2) is 4.98 Å². The Labute approximate surface area is 131 Å². The third kappa shape index (κ3) is 5.31. The first-order valence-electron chi connectivity index (χ1n) is 8.45. The number of hydrogen-bond donors (Lipinski definition) is 1. The van der Waals surface area contributed by atoms with E-state index in [4.69, 9.17) is 4.98 Å². The molecule has 0 aliphatic heterocycles. The third-order valence-electron chi connectivity index (χ3n) is 4.03. The largest absolute Gasteiger partial charge is 0.354 e. The summed E-state index contributed by atoms with van der Waals surface area (Å²) in [5, 5.41) is 3.26. The second-order valence-electron chi connectivity index (χ2n) is 6.25. The predicted molar refractivity (Wildman–Crippen MR) is 93.1 cm³/mol. The molecule has 0 amide bonds. The zero-order valence-electron chi connectivity index (χ0n) is 14.7. The number of hydrogen-bond acceptors (Lipinski definition) is 3. The molecule has 0 aliphatic rings. The minimum Gasteiger partial charge on any atom is -0.354 e. The fraction of sp³-hybridized carbons (Fsp3) is 0.722. The van der Waals surface area contributed by atoms with Crippen molar-refractivity contribution in [2.24, 2.45) is 0 Å². The van der Waals surface area contributed by atoms with E-state index in [1.54, 1.807) is 0 Å². The zero-order chi connectivity index (χ0) is 15.8. The van der Waals surface area contributed by atoms with Crippen LogP contribution in [0, 0.1) is 0 Å². The summed E-state index contributed by atoms with van der Waals surface area (Å²) < 4.78 is 0. The molecule has 0 saturated carbocycles. The van der Waals surface area contributed by atoms with Crippen molar-refractivity contribution in [2.45, 2.75) is 72.4 Å². The summed E-state index contributed by atoms with van der Waals surface area (Å²) in [6, 6.07) is 5.03. The van der Waals surface area contributed by atoms with Gasteiger partial charge in [0.25, 0.3) is 0 Å². The SMILES string of the molecule is CCCCN(c1cc(CNC)cc(C(C)C)n1)C(C)CC. The molecule has 1 atom stereocenters. The Bertz CT molecular complexity index is 415. The molecule has 0 aliphatic carbocycles. The maximum Gasteiger partial charge on any atom is 0.129 e. The molecule has 0 spiro atoms. The van der Waals surface area contributed by atoms with Crippen LogP contribution in [0.3, 0.4) is 0 Å². The summed E-state index contributed by atoms with van der Waals surface area (Å²) >= 11 is 0. The number of pyridine rings is 1. The molecule has 21 heavy (non-hydrogen) atoms. The van der Waals surface area contributed by atoms with Crippen molar-refractivity contribution >= 4 is 5.82 Å². The Kier molecular flexibility index (Phi) is 7.73. The fourth-order valence-corrected chi connectivity index (χ4v) is 2.45. The van der Waals surface area contributed by atoms with E-state index in [-0.39, 0.29) is 0 Å². The molecule has 1 N–H and O–H groups in total. The second-order valence-corrected chi connectivity index (χ2v) is 6.25. The highest BCUT2D eigenvalue weighted by molar-refractivity contribution is 5.44. The van der Waals surface area contributed by atoms with Crippen LogP contribution in [-0.4, -0.2) is 24.6 Å². The highest BCUT2D eigenvalue weighted by Gasteiger charge is 2.16. The average Bonchev–Trinajstić information content (AvgIpc) is 2.47. The maximum atomic E-state index is 4.94. The van der Waals surface area contributed by atoms with Crippen LogP contribution in [-0.2, 0) is 6.54 Å². The highest BCUT2D eigenvalue weighted by Crippen LogP contribution is 2.23. The fourth-order valence-electron chi connectivity index (χ4n) is 2.45. The molecule has 1 aromatic heterocycles. The number of nitrogens with one attached hydrogen (secondary N) is 1. The normalized spacial score (nSPS) is 12.7. The van der Waals surface area contributed by atoms with Crippen molar-refractivity contribution in [1.82, 2.24) is 10.3 Å². The summed E-state index contributed by atoms with van der Waals surface area (Å²) in [4.78, 5) is 7.42. The number of anilines is 1. The molecule has 0 radical (unpaired) electrons. The van der Waals surface area contributed by atoms with Crippen molar-refractivity contribution in [3.05, 3.63) is 23.4 Å². The molecule has 0 aromatic carbocycles. The van der Waals surface area contributed by atoms with Crippen LogP contribution in [0.25, 0.3) is 0 Å². The van der Waals surface area contributed by atoms with Crippen LogP contribution in [0.5, 0.6) is 0 Å². The molecule has 0 saturated heterocycles. The van der Waals surface area contributed by atoms with Gasteiger partial charge in [0.1, 0.15) is 5.82 Å². The molecule has 0 bridgehead atoms. The minimum atomic E-state index is 0.463. The van der Waals surface area contributed by atoms with Crippen molar-refractivity contribution in [3.8, 4) is 0 Å².